The van der Waals surface area contributed by atoms with Crippen LogP contribution < -0.4 is 9.64 Å². The molecule has 0 bridgehead atoms. The maximum absolute atomic E-state index is 14.5. The number of aromatic nitrogens is 2. The van der Waals surface area contributed by atoms with Gasteiger partial charge in [-0.3, -0.25) is 4.79 Å². The van der Waals surface area contributed by atoms with E-state index in [4.69, 9.17) is 14.0 Å². The van der Waals surface area contributed by atoms with Gasteiger partial charge in [-0.25, -0.2) is 4.39 Å². The third kappa shape index (κ3) is 5.94. The van der Waals surface area contributed by atoms with Crippen LogP contribution in [0.15, 0.2) is 22.7 Å². The number of piperidine rings is 1. The Balaban J connectivity index is 1.01. The van der Waals surface area contributed by atoms with E-state index in [1.807, 2.05) is 4.90 Å². The summed E-state index contributed by atoms with van der Waals surface area (Å²) in [7, 11) is 1.62. The van der Waals surface area contributed by atoms with Gasteiger partial charge in [-0.15, -0.1) is 0 Å². The molecular weight excluding hydrogens is 451 g/mol. The summed E-state index contributed by atoms with van der Waals surface area (Å²) in [4.78, 5) is 20.7. The molecule has 0 radical (unpaired) electrons. The number of rotatable bonds is 10. The van der Waals surface area contributed by atoms with E-state index in [1.165, 1.54) is 12.5 Å². The van der Waals surface area contributed by atoms with Crippen molar-refractivity contribution in [2.45, 2.75) is 51.6 Å². The molecule has 2 atom stereocenters. The molecule has 3 aliphatic rings. The molecule has 190 valence electrons. The van der Waals surface area contributed by atoms with Crippen LogP contribution >= 0.6 is 0 Å². The van der Waals surface area contributed by atoms with Crippen LogP contribution in [0.1, 0.15) is 49.9 Å². The molecule has 9 heteroatoms. The molecule has 5 rings (SSSR count). The zero-order valence-electron chi connectivity index (χ0n) is 20.5. The number of likely N-dealkylation sites (tertiary alicyclic amines) is 1. The SMILES string of the molecule is COCc1noc(N2CCC(C3CC3CCOc3ccc(CC(=O)N4CCCC4)c(F)c3)CC2)n1. The van der Waals surface area contributed by atoms with E-state index in [9.17, 15) is 9.18 Å². The summed E-state index contributed by atoms with van der Waals surface area (Å²) in [6.45, 7) is 4.40. The lowest BCUT2D eigenvalue weighted by Gasteiger charge is -2.30. The standard InChI is InChI=1S/C26H35FN4O4/c1-33-17-24-28-26(35-29-24)31-11-6-18(7-12-31)22-14-19(22)8-13-34-21-5-4-20(23(27)16-21)15-25(32)30-9-2-3-10-30/h4-5,16,18-19,22H,2-3,6-15,17H2,1H3. The van der Waals surface area contributed by atoms with Gasteiger partial charge in [0.25, 0.3) is 0 Å². The lowest BCUT2D eigenvalue weighted by Crippen LogP contribution is -2.34. The number of methoxy groups -OCH3 is 1. The molecule has 1 amide bonds. The normalized spacial score (nSPS) is 22.6. The third-order valence-electron chi connectivity index (χ3n) is 7.71. The van der Waals surface area contributed by atoms with Gasteiger partial charge in [0.05, 0.1) is 13.0 Å². The van der Waals surface area contributed by atoms with Gasteiger partial charge in [0.15, 0.2) is 5.82 Å². The minimum Gasteiger partial charge on any atom is -0.493 e. The van der Waals surface area contributed by atoms with Gasteiger partial charge < -0.3 is 23.8 Å². The summed E-state index contributed by atoms with van der Waals surface area (Å²) >= 11 is 0. The molecule has 2 saturated heterocycles. The number of hydrogen-bond donors (Lipinski definition) is 0. The van der Waals surface area contributed by atoms with Crippen LogP contribution in [0.2, 0.25) is 0 Å². The first-order valence-corrected chi connectivity index (χ1v) is 12.9. The summed E-state index contributed by atoms with van der Waals surface area (Å²) in [6.07, 6.45) is 6.70. The number of nitrogens with zero attached hydrogens (tertiary/aromatic N) is 4. The molecule has 2 unspecified atom stereocenters. The average Bonchev–Trinajstić information content (AvgIpc) is 3.23. The van der Waals surface area contributed by atoms with Crippen LogP contribution in [-0.2, 0) is 22.6 Å². The first-order chi connectivity index (χ1) is 17.1. The molecule has 1 aromatic carbocycles. The Morgan fingerprint density at radius 3 is 2.74 bits per heavy atom. The Bertz CT molecular complexity index is 1000. The Labute approximate surface area is 205 Å². The Hall–Kier alpha value is -2.68. The second kappa shape index (κ2) is 10.9. The summed E-state index contributed by atoms with van der Waals surface area (Å²) in [6, 6.07) is 5.48. The number of carbonyl (C=O) groups is 1. The van der Waals surface area contributed by atoms with Crippen LogP contribution in [-0.4, -0.2) is 60.8 Å². The minimum atomic E-state index is -0.360. The monoisotopic (exact) mass is 486 g/mol. The van der Waals surface area contributed by atoms with Crippen molar-refractivity contribution in [3.63, 3.8) is 0 Å². The maximum Gasteiger partial charge on any atom is 0.324 e. The van der Waals surface area contributed by atoms with E-state index in [-0.39, 0.29) is 18.1 Å². The van der Waals surface area contributed by atoms with Gasteiger partial charge in [0, 0.05) is 39.4 Å². The number of benzene rings is 1. The Morgan fingerprint density at radius 2 is 2.00 bits per heavy atom. The molecule has 35 heavy (non-hydrogen) atoms. The minimum absolute atomic E-state index is 0.00797. The highest BCUT2D eigenvalue weighted by Crippen LogP contribution is 2.50. The summed E-state index contributed by atoms with van der Waals surface area (Å²) in [5, 5.41) is 3.95. The van der Waals surface area contributed by atoms with E-state index in [2.05, 4.69) is 15.0 Å². The molecule has 3 heterocycles. The second-order valence-corrected chi connectivity index (χ2v) is 10.1. The Morgan fingerprint density at radius 1 is 1.20 bits per heavy atom. The van der Waals surface area contributed by atoms with E-state index in [0.717, 1.165) is 70.1 Å². The molecule has 3 fully saturated rings. The third-order valence-corrected chi connectivity index (χ3v) is 7.71. The highest BCUT2D eigenvalue weighted by Gasteiger charge is 2.43. The molecule has 0 spiro atoms. The quantitative estimate of drug-likeness (QED) is 0.505. The van der Waals surface area contributed by atoms with Crippen LogP contribution in [0, 0.1) is 23.6 Å². The Kier molecular flexibility index (Phi) is 7.51. The zero-order chi connectivity index (χ0) is 24.2. The van der Waals surface area contributed by atoms with Crippen LogP contribution in [0.3, 0.4) is 0 Å². The summed E-state index contributed by atoms with van der Waals surface area (Å²) < 4.78 is 30.8. The number of amides is 1. The highest BCUT2D eigenvalue weighted by atomic mass is 19.1. The van der Waals surface area contributed by atoms with Gasteiger partial charge >= 0.3 is 6.01 Å². The van der Waals surface area contributed by atoms with Crippen LogP contribution in [0.5, 0.6) is 5.75 Å². The van der Waals surface area contributed by atoms with Gasteiger partial charge in [-0.2, -0.15) is 4.98 Å². The number of anilines is 1. The topological polar surface area (TPSA) is 80.9 Å². The van der Waals surface area contributed by atoms with Crippen LogP contribution in [0.25, 0.3) is 0 Å². The molecule has 8 nitrogen and oxygen atoms in total. The molecule has 2 aromatic rings. The van der Waals surface area contributed by atoms with Crippen molar-refractivity contribution in [3.05, 3.63) is 35.4 Å². The van der Waals surface area contributed by atoms with Crippen molar-refractivity contribution in [2.75, 3.05) is 44.8 Å². The van der Waals surface area contributed by atoms with Crippen molar-refractivity contribution in [1.82, 2.24) is 15.0 Å². The molecule has 0 N–H and O–H groups in total. The van der Waals surface area contributed by atoms with Crippen molar-refractivity contribution in [1.29, 1.82) is 0 Å². The number of ether oxygens (including phenoxy) is 2. The van der Waals surface area contributed by atoms with Gasteiger partial charge in [-0.1, -0.05) is 11.2 Å². The van der Waals surface area contributed by atoms with E-state index >= 15 is 0 Å². The highest BCUT2D eigenvalue weighted by molar-refractivity contribution is 5.79. The van der Waals surface area contributed by atoms with Crippen molar-refractivity contribution < 1.29 is 23.2 Å². The van der Waals surface area contributed by atoms with Crippen molar-refractivity contribution >= 4 is 11.9 Å². The lowest BCUT2D eigenvalue weighted by atomic mass is 9.90. The molecular formula is C26H35FN4O4. The molecule has 2 aliphatic heterocycles. The molecule has 1 aliphatic carbocycles. The van der Waals surface area contributed by atoms with Gasteiger partial charge in [-0.05, 0) is 67.9 Å². The number of halogens is 1. The van der Waals surface area contributed by atoms with E-state index in [1.54, 1.807) is 19.2 Å². The fourth-order valence-electron chi connectivity index (χ4n) is 5.59. The van der Waals surface area contributed by atoms with E-state index in [0.29, 0.717) is 42.3 Å². The number of carbonyl (C=O) groups excluding carboxylic acids is 1. The summed E-state index contributed by atoms with van der Waals surface area (Å²) in [5.74, 6) is 2.93. The largest absolute Gasteiger partial charge is 0.493 e. The second-order valence-electron chi connectivity index (χ2n) is 10.1. The molecule has 1 aromatic heterocycles. The van der Waals surface area contributed by atoms with Gasteiger partial charge in [0.2, 0.25) is 5.91 Å². The van der Waals surface area contributed by atoms with Crippen molar-refractivity contribution in [3.8, 4) is 5.75 Å². The van der Waals surface area contributed by atoms with Crippen molar-refractivity contribution in [2.24, 2.45) is 17.8 Å². The maximum atomic E-state index is 14.5. The van der Waals surface area contributed by atoms with Gasteiger partial charge in [0.1, 0.15) is 18.2 Å². The lowest BCUT2D eigenvalue weighted by molar-refractivity contribution is -0.129. The fourth-order valence-corrected chi connectivity index (χ4v) is 5.59. The predicted octanol–water partition coefficient (Wildman–Crippen LogP) is 3.84. The van der Waals surface area contributed by atoms with E-state index < -0.39 is 0 Å². The average molecular weight is 487 g/mol. The molecule has 1 saturated carbocycles. The summed E-state index contributed by atoms with van der Waals surface area (Å²) in [5.41, 5.74) is 0.443. The first-order valence-electron chi connectivity index (χ1n) is 12.9. The van der Waals surface area contributed by atoms with Crippen LogP contribution in [0.4, 0.5) is 10.4 Å². The smallest absolute Gasteiger partial charge is 0.324 e. The first kappa shape index (κ1) is 24.0. The number of hydrogen-bond acceptors (Lipinski definition) is 7. The fraction of sp³-hybridized carbons (Fsp3) is 0.654. The zero-order valence-corrected chi connectivity index (χ0v) is 20.5. The predicted molar refractivity (Wildman–Crippen MR) is 128 cm³/mol.